The zero-order chi connectivity index (χ0) is 15.0. The lowest BCUT2D eigenvalue weighted by Crippen LogP contribution is -2.52. The van der Waals surface area contributed by atoms with E-state index in [-0.39, 0.29) is 0 Å². The first-order valence-corrected chi connectivity index (χ1v) is 8.21. The topological polar surface area (TPSA) is 68.7 Å². The highest BCUT2D eigenvalue weighted by atomic mass is 32.1. The largest absolute Gasteiger partial charge is 0.481 e. The van der Waals surface area contributed by atoms with Crippen LogP contribution in [0.1, 0.15) is 22.9 Å². The van der Waals surface area contributed by atoms with Crippen LogP contribution >= 0.6 is 11.3 Å². The molecule has 3 rings (SSSR count). The number of rotatable bonds is 4. The van der Waals surface area contributed by atoms with Crippen LogP contribution in [0.3, 0.4) is 0 Å². The Hall–Kier alpha value is -1.18. The average Bonchev–Trinajstić information content (AvgIpc) is 2.99. The molecule has 2 heterocycles. The Morgan fingerprint density at radius 3 is 3.05 bits per heavy atom. The molecular weight excluding hydrogens is 288 g/mol. The molecule has 2 N–H and O–H groups in total. The molecule has 0 bridgehead atoms. The zero-order valence-electron chi connectivity index (χ0n) is 12.5. The van der Waals surface area contributed by atoms with Crippen LogP contribution in [0.4, 0.5) is 5.13 Å². The maximum atomic E-state index is 11.2. The Kier molecular flexibility index (Phi) is 4.14. The van der Waals surface area contributed by atoms with Gasteiger partial charge in [0.1, 0.15) is 5.92 Å². The standard InChI is InChI=1S/C14H22N4O2S/c1-17-5-6-18(2)9(8-17)7-15-14-16-12-10(13(19)20)3-4-11(12)21-14/h9-10H,3-8H2,1-2H3,(H,15,16)(H,19,20). The van der Waals surface area contributed by atoms with E-state index in [2.05, 4.69) is 34.2 Å². The van der Waals surface area contributed by atoms with Crippen molar-refractivity contribution >= 4 is 22.4 Å². The molecule has 116 valence electrons. The summed E-state index contributed by atoms with van der Waals surface area (Å²) < 4.78 is 0. The molecule has 1 aliphatic carbocycles. The molecule has 7 heteroatoms. The molecule has 6 nitrogen and oxygen atoms in total. The van der Waals surface area contributed by atoms with E-state index in [4.69, 9.17) is 0 Å². The van der Waals surface area contributed by atoms with Crippen LogP contribution < -0.4 is 5.32 Å². The SMILES string of the molecule is CN1CCN(C)C(CNc2nc3c(s2)CCC3C(=O)O)C1. The predicted molar refractivity (Wildman–Crippen MR) is 83.2 cm³/mol. The van der Waals surface area contributed by atoms with Crippen LogP contribution in [0.5, 0.6) is 0 Å². The first-order valence-electron chi connectivity index (χ1n) is 7.39. The van der Waals surface area contributed by atoms with Crippen molar-refractivity contribution < 1.29 is 9.90 Å². The van der Waals surface area contributed by atoms with Gasteiger partial charge in [-0.3, -0.25) is 9.69 Å². The molecule has 2 atom stereocenters. The molecule has 1 fully saturated rings. The van der Waals surface area contributed by atoms with Crippen LogP contribution in [0.25, 0.3) is 0 Å². The summed E-state index contributed by atoms with van der Waals surface area (Å²) in [6.45, 7) is 4.09. The Morgan fingerprint density at radius 2 is 2.29 bits per heavy atom. The summed E-state index contributed by atoms with van der Waals surface area (Å²) in [4.78, 5) is 21.6. The Morgan fingerprint density at radius 1 is 1.48 bits per heavy atom. The third-order valence-electron chi connectivity index (χ3n) is 4.48. The van der Waals surface area contributed by atoms with Crippen LogP contribution in [-0.2, 0) is 11.2 Å². The number of hydrogen-bond donors (Lipinski definition) is 2. The molecule has 1 aliphatic heterocycles. The average molecular weight is 310 g/mol. The van der Waals surface area contributed by atoms with Crippen molar-refractivity contribution in [2.24, 2.45) is 0 Å². The quantitative estimate of drug-likeness (QED) is 0.862. The van der Waals surface area contributed by atoms with Gasteiger partial charge in [-0.1, -0.05) is 0 Å². The van der Waals surface area contributed by atoms with Gasteiger partial charge < -0.3 is 15.3 Å². The van der Waals surface area contributed by atoms with Crippen LogP contribution in [0, 0.1) is 0 Å². The Bertz CT molecular complexity index is 533. The van der Waals surface area contributed by atoms with Crippen molar-refractivity contribution in [1.82, 2.24) is 14.8 Å². The zero-order valence-corrected chi connectivity index (χ0v) is 13.3. The number of aryl methyl sites for hydroxylation is 1. The van der Waals surface area contributed by atoms with Crippen LogP contribution in [-0.4, -0.2) is 72.2 Å². The van der Waals surface area contributed by atoms with Crippen molar-refractivity contribution in [3.8, 4) is 0 Å². The van der Waals surface area contributed by atoms with E-state index in [0.717, 1.165) is 48.3 Å². The molecule has 1 aromatic rings. The minimum Gasteiger partial charge on any atom is -0.481 e. The number of likely N-dealkylation sites (N-methyl/N-ethyl adjacent to an activating group) is 2. The third-order valence-corrected chi connectivity index (χ3v) is 5.57. The van der Waals surface area contributed by atoms with Gasteiger partial charge in [-0.25, -0.2) is 4.98 Å². The molecule has 0 aromatic carbocycles. The van der Waals surface area contributed by atoms with Crippen molar-refractivity contribution in [2.75, 3.05) is 45.6 Å². The monoisotopic (exact) mass is 310 g/mol. The molecule has 0 saturated carbocycles. The highest BCUT2D eigenvalue weighted by Crippen LogP contribution is 2.38. The van der Waals surface area contributed by atoms with Crippen molar-refractivity contribution in [3.63, 3.8) is 0 Å². The van der Waals surface area contributed by atoms with Gasteiger partial charge in [0.15, 0.2) is 5.13 Å². The second-order valence-electron chi connectivity index (χ2n) is 6.03. The number of carboxylic acids is 1. The fourth-order valence-electron chi connectivity index (χ4n) is 3.07. The maximum Gasteiger partial charge on any atom is 0.312 e. The van der Waals surface area contributed by atoms with Crippen molar-refractivity contribution in [2.45, 2.75) is 24.8 Å². The van der Waals surface area contributed by atoms with E-state index < -0.39 is 11.9 Å². The molecule has 2 aliphatic rings. The summed E-state index contributed by atoms with van der Waals surface area (Å²) in [6.07, 6.45) is 1.54. The van der Waals surface area contributed by atoms with Gasteiger partial charge in [0.25, 0.3) is 0 Å². The maximum absolute atomic E-state index is 11.2. The van der Waals surface area contributed by atoms with Gasteiger partial charge in [0.2, 0.25) is 0 Å². The van der Waals surface area contributed by atoms with E-state index in [1.165, 1.54) is 0 Å². The lowest BCUT2D eigenvalue weighted by Gasteiger charge is -2.37. The van der Waals surface area contributed by atoms with E-state index in [9.17, 15) is 9.90 Å². The fourth-order valence-corrected chi connectivity index (χ4v) is 4.12. The number of thiazole rings is 1. The molecule has 1 aromatic heterocycles. The number of anilines is 1. The number of nitrogens with one attached hydrogen (secondary N) is 1. The van der Waals surface area contributed by atoms with Crippen LogP contribution in [0.2, 0.25) is 0 Å². The van der Waals surface area contributed by atoms with Gasteiger partial charge >= 0.3 is 5.97 Å². The Balaban J connectivity index is 1.62. The van der Waals surface area contributed by atoms with Crippen molar-refractivity contribution in [3.05, 3.63) is 10.6 Å². The van der Waals surface area contributed by atoms with Gasteiger partial charge in [-0.15, -0.1) is 11.3 Å². The van der Waals surface area contributed by atoms with E-state index in [1.54, 1.807) is 11.3 Å². The highest BCUT2D eigenvalue weighted by molar-refractivity contribution is 7.15. The smallest absolute Gasteiger partial charge is 0.312 e. The summed E-state index contributed by atoms with van der Waals surface area (Å²) in [5.74, 6) is -1.16. The second kappa shape index (κ2) is 5.90. The minimum atomic E-state index is -0.751. The molecule has 1 saturated heterocycles. The second-order valence-corrected chi connectivity index (χ2v) is 7.12. The van der Waals surface area contributed by atoms with Gasteiger partial charge in [-0.05, 0) is 26.9 Å². The summed E-state index contributed by atoms with van der Waals surface area (Å²) >= 11 is 1.62. The molecule has 2 unspecified atom stereocenters. The first-order chi connectivity index (χ1) is 10.0. The van der Waals surface area contributed by atoms with Crippen LogP contribution in [0.15, 0.2) is 0 Å². The molecule has 0 radical (unpaired) electrons. The van der Waals surface area contributed by atoms with E-state index in [1.807, 2.05) is 0 Å². The minimum absolute atomic E-state index is 0.407. The number of carbonyl (C=O) groups is 1. The third kappa shape index (κ3) is 3.04. The number of carboxylic acid groups (broad SMARTS) is 1. The summed E-state index contributed by atoms with van der Waals surface area (Å²) in [6, 6.07) is 0.470. The first kappa shape index (κ1) is 14.7. The molecular formula is C14H22N4O2S. The summed E-state index contributed by atoms with van der Waals surface area (Å²) in [7, 11) is 4.30. The van der Waals surface area contributed by atoms with Gasteiger partial charge in [0, 0.05) is 37.1 Å². The fraction of sp³-hybridized carbons (Fsp3) is 0.714. The number of piperazine rings is 1. The summed E-state index contributed by atoms with van der Waals surface area (Å²) in [5, 5.41) is 13.5. The number of aliphatic carboxylic acids is 1. The molecule has 21 heavy (non-hydrogen) atoms. The molecule has 0 spiro atoms. The Labute approximate surface area is 128 Å². The lowest BCUT2D eigenvalue weighted by molar-refractivity contribution is -0.138. The van der Waals surface area contributed by atoms with E-state index >= 15 is 0 Å². The summed E-state index contributed by atoms with van der Waals surface area (Å²) in [5.41, 5.74) is 0.782. The predicted octanol–water partition coefficient (Wildman–Crippen LogP) is 0.915. The van der Waals surface area contributed by atoms with Gasteiger partial charge in [0.05, 0.1) is 5.69 Å². The van der Waals surface area contributed by atoms with E-state index in [0.29, 0.717) is 12.5 Å². The number of nitrogens with zero attached hydrogens (tertiary/aromatic N) is 3. The lowest BCUT2D eigenvalue weighted by atomic mass is 10.1. The van der Waals surface area contributed by atoms with Crippen molar-refractivity contribution in [1.29, 1.82) is 0 Å². The number of aromatic nitrogens is 1. The highest BCUT2D eigenvalue weighted by Gasteiger charge is 2.32. The van der Waals surface area contributed by atoms with Gasteiger partial charge in [-0.2, -0.15) is 0 Å². The number of fused-ring (bicyclic) bond motifs is 1. The molecule has 0 amide bonds. The normalized spacial score (nSPS) is 26.8. The number of hydrogen-bond acceptors (Lipinski definition) is 6.